The molecule has 0 bridgehead atoms. The Morgan fingerprint density at radius 1 is 0.909 bits per heavy atom. The summed E-state index contributed by atoms with van der Waals surface area (Å²) in [6.45, 7) is 9.22. The Morgan fingerprint density at radius 2 is 1.45 bits per heavy atom. The number of hydrogen-bond donors (Lipinski definition) is 0. The van der Waals surface area contributed by atoms with E-state index in [1.54, 1.807) is 0 Å². The van der Waals surface area contributed by atoms with E-state index in [-0.39, 0.29) is 23.9 Å². The molecule has 0 aliphatic rings. The molecule has 0 aromatic carbocycles. The largest absolute Gasteiger partial charge is 0.0654 e. The molecule has 0 fully saturated rings. The van der Waals surface area contributed by atoms with Gasteiger partial charge in [-0.1, -0.05) is 53.4 Å². The van der Waals surface area contributed by atoms with E-state index in [2.05, 4.69) is 27.7 Å². The van der Waals surface area contributed by atoms with Gasteiger partial charge in [0.2, 0.25) is 0 Å². The molecule has 66 valence electrons. The Labute approximate surface area is 89.1 Å². The van der Waals surface area contributed by atoms with E-state index in [4.69, 9.17) is 0 Å². The van der Waals surface area contributed by atoms with Crippen LogP contribution in [0.25, 0.3) is 0 Å². The predicted octanol–water partition coefficient (Wildman–Crippen LogP) is 3.62. The molecule has 0 rings (SSSR count). The van der Waals surface area contributed by atoms with Gasteiger partial charge in [0.05, 0.1) is 0 Å². The van der Waals surface area contributed by atoms with Gasteiger partial charge in [-0.15, -0.1) is 0 Å². The van der Waals surface area contributed by atoms with Gasteiger partial charge in [0.1, 0.15) is 0 Å². The van der Waals surface area contributed by atoms with Crippen molar-refractivity contribution in [2.75, 3.05) is 0 Å². The molecule has 0 atom stereocenters. The molecule has 0 aromatic heterocycles. The third-order valence-corrected chi connectivity index (χ3v) is 1.78. The zero-order valence-corrected chi connectivity index (χ0v) is 11.4. The molecule has 0 N–H and O–H groups in total. The van der Waals surface area contributed by atoms with Crippen LogP contribution < -0.4 is 0 Å². The van der Waals surface area contributed by atoms with Gasteiger partial charge in [-0.3, -0.25) is 0 Å². The van der Waals surface area contributed by atoms with Crippen molar-refractivity contribution in [3.63, 3.8) is 0 Å². The molecule has 0 saturated carbocycles. The average Bonchev–Trinajstić information content (AvgIpc) is 1.78. The summed E-state index contributed by atoms with van der Waals surface area (Å²) in [5.41, 5.74) is 0.549. The normalized spacial score (nSPS) is 10.9. The third kappa shape index (κ3) is 13.7. The molecule has 0 amide bonds. The van der Waals surface area contributed by atoms with E-state index in [1.807, 2.05) is 0 Å². The van der Waals surface area contributed by atoms with Crippen molar-refractivity contribution in [3.05, 3.63) is 0 Å². The minimum atomic E-state index is 0. The Hall–Kier alpha value is 0.799. The molecule has 0 spiro atoms. The van der Waals surface area contributed by atoms with Gasteiger partial charge in [0.15, 0.2) is 0 Å². The molecule has 0 saturated heterocycles. The maximum atomic E-state index is 2.32. The van der Waals surface area contributed by atoms with E-state index in [1.165, 1.54) is 32.1 Å². The van der Waals surface area contributed by atoms with Gasteiger partial charge < -0.3 is 0 Å². The van der Waals surface area contributed by atoms with Crippen LogP contribution in [0.15, 0.2) is 0 Å². The van der Waals surface area contributed by atoms with Crippen LogP contribution >= 0.6 is 0 Å². The van der Waals surface area contributed by atoms with E-state index >= 15 is 0 Å². The maximum absolute atomic E-state index is 2.32. The minimum absolute atomic E-state index is 0. The molecule has 0 nitrogen and oxygen atoms in total. The van der Waals surface area contributed by atoms with Crippen LogP contribution in [0.5, 0.6) is 0 Å². The fourth-order valence-electron chi connectivity index (χ4n) is 1.08. The first-order valence-corrected chi connectivity index (χ1v) is 4.56. The van der Waals surface area contributed by atoms with Crippen LogP contribution in [-0.4, -0.2) is 23.9 Å². The zero-order valence-electron chi connectivity index (χ0n) is 8.54. The van der Waals surface area contributed by atoms with Gasteiger partial charge in [-0.2, -0.15) is 0 Å². The number of rotatable bonds is 4. The summed E-state index contributed by atoms with van der Waals surface area (Å²) in [5.74, 6) is 0. The van der Waals surface area contributed by atoms with Crippen LogP contribution in [0.2, 0.25) is 0 Å². The minimum Gasteiger partial charge on any atom is -0.0654 e. The van der Waals surface area contributed by atoms with Crippen molar-refractivity contribution in [1.82, 2.24) is 0 Å². The molecule has 1 heteroatoms. The maximum Gasteiger partial charge on any atom is 0 e. The summed E-state index contributed by atoms with van der Waals surface area (Å²) in [6, 6.07) is 0. The second-order valence-electron chi connectivity index (χ2n) is 4.37. The Balaban J connectivity index is 0. The summed E-state index contributed by atoms with van der Waals surface area (Å²) < 4.78 is 0. The van der Waals surface area contributed by atoms with Crippen molar-refractivity contribution in [2.24, 2.45) is 5.41 Å². The number of unbranched alkanes of at least 4 members (excludes halogenated alkanes) is 3. The first kappa shape index (κ1) is 14.3. The Morgan fingerprint density at radius 3 is 1.82 bits per heavy atom. The molecule has 0 heterocycles. The van der Waals surface area contributed by atoms with E-state index in [9.17, 15) is 0 Å². The Kier molecular flexibility index (Phi) is 9.70. The molecular weight excluding hydrogens is 239 g/mol. The average molecular weight is 261 g/mol. The second kappa shape index (κ2) is 7.45. The SMILES string of the molecule is CCCCCCC(C)(C)C.[Sn]. The summed E-state index contributed by atoms with van der Waals surface area (Å²) in [7, 11) is 0. The van der Waals surface area contributed by atoms with Crippen molar-refractivity contribution >= 4 is 23.9 Å². The monoisotopic (exact) mass is 262 g/mol. The van der Waals surface area contributed by atoms with Crippen LogP contribution in [0.4, 0.5) is 0 Å². The van der Waals surface area contributed by atoms with Crippen molar-refractivity contribution in [3.8, 4) is 0 Å². The standard InChI is InChI=1S/C10H22.Sn/c1-5-6-7-8-9-10(2,3)4;/h5-9H2,1-4H3;. The van der Waals surface area contributed by atoms with Gasteiger partial charge in [0, 0.05) is 23.9 Å². The molecule has 4 radical (unpaired) electrons. The van der Waals surface area contributed by atoms with Gasteiger partial charge in [-0.05, 0) is 11.8 Å². The second-order valence-corrected chi connectivity index (χ2v) is 4.37. The van der Waals surface area contributed by atoms with Crippen molar-refractivity contribution in [2.45, 2.75) is 59.8 Å². The van der Waals surface area contributed by atoms with Crippen molar-refractivity contribution in [1.29, 1.82) is 0 Å². The van der Waals surface area contributed by atoms with Crippen LogP contribution in [0, 0.1) is 5.41 Å². The van der Waals surface area contributed by atoms with Crippen LogP contribution in [0.1, 0.15) is 59.8 Å². The topological polar surface area (TPSA) is 0 Å². The van der Waals surface area contributed by atoms with Crippen LogP contribution in [0.3, 0.4) is 0 Å². The molecule has 0 aromatic rings. The van der Waals surface area contributed by atoms with E-state index in [0.29, 0.717) is 5.41 Å². The van der Waals surface area contributed by atoms with Crippen molar-refractivity contribution < 1.29 is 0 Å². The van der Waals surface area contributed by atoms with Gasteiger partial charge in [-0.25, -0.2) is 0 Å². The predicted molar refractivity (Wildman–Crippen MR) is 54.0 cm³/mol. The van der Waals surface area contributed by atoms with Gasteiger partial charge in [0.25, 0.3) is 0 Å². The fourth-order valence-corrected chi connectivity index (χ4v) is 1.08. The summed E-state index contributed by atoms with van der Waals surface area (Å²) in [4.78, 5) is 0. The first-order chi connectivity index (χ1) is 4.56. The fraction of sp³-hybridized carbons (Fsp3) is 1.00. The third-order valence-electron chi connectivity index (χ3n) is 1.78. The molecule has 0 aliphatic carbocycles. The number of hydrogen-bond acceptors (Lipinski definition) is 0. The summed E-state index contributed by atoms with van der Waals surface area (Å²) >= 11 is 0. The summed E-state index contributed by atoms with van der Waals surface area (Å²) in [5, 5.41) is 0. The molecule has 11 heavy (non-hydrogen) atoms. The molecular formula is C10H22Sn. The zero-order chi connectivity index (χ0) is 8.04. The van der Waals surface area contributed by atoms with E-state index < -0.39 is 0 Å². The quantitative estimate of drug-likeness (QED) is 0.535. The van der Waals surface area contributed by atoms with Gasteiger partial charge >= 0.3 is 0 Å². The van der Waals surface area contributed by atoms with E-state index in [0.717, 1.165) is 0 Å². The molecule has 0 aliphatic heterocycles. The Bertz CT molecular complexity index is 71.4. The summed E-state index contributed by atoms with van der Waals surface area (Å²) in [6.07, 6.45) is 6.98. The molecule has 0 unspecified atom stereocenters. The smallest absolute Gasteiger partial charge is 0 e. The van der Waals surface area contributed by atoms with Crippen LogP contribution in [-0.2, 0) is 0 Å². The first-order valence-electron chi connectivity index (χ1n) is 4.56.